The molecule has 2 N–H and O–H groups in total. The molecule has 1 saturated heterocycles. The molecule has 0 unspecified atom stereocenters. The lowest BCUT2D eigenvalue weighted by molar-refractivity contribution is -0.120. The van der Waals surface area contributed by atoms with Gasteiger partial charge in [-0.15, -0.1) is 0 Å². The zero-order chi connectivity index (χ0) is 27.4. The second-order valence-electron chi connectivity index (χ2n) is 10.1. The van der Waals surface area contributed by atoms with E-state index in [1.54, 1.807) is 61.7 Å². The molecule has 1 aliphatic carbocycles. The zero-order valence-corrected chi connectivity index (χ0v) is 22.8. The molecule has 3 aromatic rings. The topological polar surface area (TPSA) is 105 Å². The van der Waals surface area contributed by atoms with Gasteiger partial charge in [-0.05, 0) is 110 Å². The Hall–Kier alpha value is -3.69. The molecule has 1 aliphatic heterocycles. The van der Waals surface area contributed by atoms with Crippen LogP contribution in [0.4, 0.5) is 11.4 Å². The average Bonchev–Trinajstić information content (AvgIpc) is 2.97. The molecule has 0 bridgehead atoms. The molecule has 0 radical (unpaired) electrons. The minimum Gasteiger partial charge on any atom is -0.497 e. The number of sulfonamides is 1. The van der Waals surface area contributed by atoms with E-state index in [2.05, 4.69) is 10.6 Å². The highest BCUT2D eigenvalue weighted by Crippen LogP contribution is 2.29. The summed E-state index contributed by atoms with van der Waals surface area (Å²) in [5.41, 5.74) is 4.09. The van der Waals surface area contributed by atoms with Gasteiger partial charge in [0, 0.05) is 35.9 Å². The maximum Gasteiger partial charge on any atom is 0.255 e. The Morgan fingerprint density at radius 1 is 0.821 bits per heavy atom. The summed E-state index contributed by atoms with van der Waals surface area (Å²) in [5.74, 6) is 0.0228. The third-order valence-electron chi connectivity index (χ3n) is 7.54. The highest BCUT2D eigenvalue weighted by molar-refractivity contribution is 7.89. The maximum atomic E-state index is 13.3. The van der Waals surface area contributed by atoms with Gasteiger partial charge in [0.2, 0.25) is 15.9 Å². The number of rotatable bonds is 7. The first-order chi connectivity index (χ1) is 18.8. The van der Waals surface area contributed by atoms with Gasteiger partial charge in [-0.2, -0.15) is 4.31 Å². The summed E-state index contributed by atoms with van der Waals surface area (Å²) in [6.45, 7) is 0.615. The van der Waals surface area contributed by atoms with Gasteiger partial charge >= 0.3 is 0 Å². The van der Waals surface area contributed by atoms with E-state index in [-0.39, 0.29) is 17.7 Å². The van der Waals surface area contributed by atoms with Crippen LogP contribution in [-0.2, 0) is 27.7 Å². The molecule has 5 rings (SSSR count). The minimum absolute atomic E-state index is 0.142. The van der Waals surface area contributed by atoms with Crippen molar-refractivity contribution < 1.29 is 22.7 Å². The van der Waals surface area contributed by atoms with E-state index < -0.39 is 10.0 Å². The minimum atomic E-state index is -3.59. The summed E-state index contributed by atoms with van der Waals surface area (Å²) < 4.78 is 33.1. The van der Waals surface area contributed by atoms with Gasteiger partial charge in [-0.1, -0.05) is 6.07 Å². The maximum absolute atomic E-state index is 13.3. The molecular formula is C30H33N3O5S. The zero-order valence-electron chi connectivity index (χ0n) is 22.0. The number of benzene rings is 3. The van der Waals surface area contributed by atoms with Crippen molar-refractivity contribution in [1.29, 1.82) is 0 Å². The molecule has 0 aromatic heterocycles. The standard InChI is InChI=1S/C30H33N3O5S/c1-38-27-13-11-26(12-14-27)32-29(34)22-6-9-25(10-7-22)31-30(35)23-16-18-33(19-17-23)39(36,37)28-15-8-21-4-2-3-5-24(21)20-28/h6-15,20,23H,2-5,16-19H2,1H3,(H,31,35)(H,32,34). The van der Waals surface area contributed by atoms with Crippen molar-refractivity contribution in [3.63, 3.8) is 0 Å². The molecule has 3 aromatic carbocycles. The van der Waals surface area contributed by atoms with Crippen molar-refractivity contribution >= 4 is 33.2 Å². The van der Waals surface area contributed by atoms with Crippen LogP contribution < -0.4 is 15.4 Å². The summed E-state index contributed by atoms with van der Waals surface area (Å²) in [5, 5.41) is 5.74. The van der Waals surface area contributed by atoms with Crippen molar-refractivity contribution in [2.24, 2.45) is 5.92 Å². The number of nitrogens with zero attached hydrogens (tertiary/aromatic N) is 1. The van der Waals surface area contributed by atoms with Gasteiger partial charge in [-0.3, -0.25) is 9.59 Å². The lowest BCUT2D eigenvalue weighted by Crippen LogP contribution is -2.41. The first kappa shape index (κ1) is 26.9. The Balaban J connectivity index is 1.14. The van der Waals surface area contributed by atoms with Crippen LogP contribution in [-0.4, -0.2) is 44.7 Å². The number of ether oxygens (including phenoxy) is 1. The fourth-order valence-electron chi connectivity index (χ4n) is 5.20. The van der Waals surface area contributed by atoms with E-state index in [4.69, 9.17) is 4.74 Å². The Morgan fingerprint density at radius 2 is 1.44 bits per heavy atom. The lowest BCUT2D eigenvalue weighted by Gasteiger charge is -2.31. The summed E-state index contributed by atoms with van der Waals surface area (Å²) in [7, 11) is -2.00. The van der Waals surface area contributed by atoms with Crippen LogP contribution in [0, 0.1) is 5.92 Å². The highest BCUT2D eigenvalue weighted by atomic mass is 32.2. The predicted molar refractivity (Wildman–Crippen MR) is 151 cm³/mol. The van der Waals surface area contributed by atoms with Gasteiger partial charge in [0.05, 0.1) is 12.0 Å². The van der Waals surface area contributed by atoms with Crippen LogP contribution in [0.5, 0.6) is 5.75 Å². The van der Waals surface area contributed by atoms with Crippen LogP contribution in [0.15, 0.2) is 71.6 Å². The third-order valence-corrected chi connectivity index (χ3v) is 9.44. The molecule has 2 aliphatic rings. The summed E-state index contributed by atoms with van der Waals surface area (Å²) in [4.78, 5) is 25.8. The average molecular weight is 548 g/mol. The first-order valence-corrected chi connectivity index (χ1v) is 14.8. The smallest absolute Gasteiger partial charge is 0.255 e. The van der Waals surface area contributed by atoms with Crippen molar-refractivity contribution in [2.75, 3.05) is 30.8 Å². The van der Waals surface area contributed by atoms with Gasteiger partial charge in [0.15, 0.2) is 0 Å². The lowest BCUT2D eigenvalue weighted by atomic mass is 9.92. The quantitative estimate of drug-likeness (QED) is 0.439. The molecule has 0 atom stereocenters. The molecule has 2 amide bonds. The number of amides is 2. The Morgan fingerprint density at radius 3 is 2.10 bits per heavy atom. The number of hydrogen-bond donors (Lipinski definition) is 2. The highest BCUT2D eigenvalue weighted by Gasteiger charge is 2.32. The van der Waals surface area contributed by atoms with E-state index in [1.807, 2.05) is 12.1 Å². The van der Waals surface area contributed by atoms with E-state index in [9.17, 15) is 18.0 Å². The van der Waals surface area contributed by atoms with Crippen molar-refractivity contribution in [1.82, 2.24) is 4.31 Å². The van der Waals surface area contributed by atoms with E-state index in [1.165, 1.54) is 9.87 Å². The Labute approximate surface area is 229 Å². The summed E-state index contributed by atoms with van der Waals surface area (Å²) in [6.07, 6.45) is 5.09. The predicted octanol–water partition coefficient (Wildman–Crippen LogP) is 4.87. The van der Waals surface area contributed by atoms with Crippen molar-refractivity contribution in [2.45, 2.75) is 43.4 Å². The first-order valence-electron chi connectivity index (χ1n) is 13.3. The SMILES string of the molecule is COc1ccc(NC(=O)c2ccc(NC(=O)C3CCN(S(=O)(=O)c4ccc5c(c4)CCCC5)CC3)cc2)cc1. The van der Waals surface area contributed by atoms with E-state index in [0.29, 0.717) is 53.5 Å². The number of piperidine rings is 1. The summed E-state index contributed by atoms with van der Waals surface area (Å²) in [6, 6.07) is 19.3. The van der Waals surface area contributed by atoms with Crippen LogP contribution in [0.1, 0.15) is 47.2 Å². The molecule has 1 heterocycles. The molecule has 204 valence electrons. The Kier molecular flexibility index (Phi) is 7.99. The van der Waals surface area contributed by atoms with Gasteiger partial charge in [0.25, 0.3) is 5.91 Å². The molecular weight excluding hydrogens is 514 g/mol. The van der Waals surface area contributed by atoms with Crippen LogP contribution >= 0.6 is 0 Å². The van der Waals surface area contributed by atoms with E-state index >= 15 is 0 Å². The van der Waals surface area contributed by atoms with Gasteiger partial charge < -0.3 is 15.4 Å². The molecule has 0 spiro atoms. The fraction of sp³-hybridized carbons (Fsp3) is 0.333. The molecule has 8 nitrogen and oxygen atoms in total. The van der Waals surface area contributed by atoms with E-state index in [0.717, 1.165) is 31.2 Å². The second kappa shape index (κ2) is 11.6. The van der Waals surface area contributed by atoms with Crippen LogP contribution in [0.25, 0.3) is 0 Å². The van der Waals surface area contributed by atoms with Crippen LogP contribution in [0.3, 0.4) is 0 Å². The number of methoxy groups -OCH3 is 1. The number of carbonyl (C=O) groups is 2. The number of aryl methyl sites for hydroxylation is 2. The van der Waals surface area contributed by atoms with Crippen molar-refractivity contribution in [3.05, 3.63) is 83.4 Å². The molecule has 1 fully saturated rings. The molecule has 9 heteroatoms. The number of nitrogens with one attached hydrogen (secondary N) is 2. The fourth-order valence-corrected chi connectivity index (χ4v) is 6.73. The second-order valence-corrected chi connectivity index (χ2v) is 12.0. The normalized spacial score (nSPS) is 16.2. The number of anilines is 2. The third kappa shape index (κ3) is 6.15. The van der Waals surface area contributed by atoms with Gasteiger partial charge in [0.1, 0.15) is 5.75 Å². The number of fused-ring (bicyclic) bond motifs is 1. The number of carbonyl (C=O) groups excluding carboxylic acids is 2. The largest absolute Gasteiger partial charge is 0.497 e. The molecule has 0 saturated carbocycles. The Bertz CT molecular complexity index is 1440. The van der Waals surface area contributed by atoms with Crippen LogP contribution in [0.2, 0.25) is 0 Å². The van der Waals surface area contributed by atoms with Gasteiger partial charge in [-0.25, -0.2) is 8.42 Å². The monoisotopic (exact) mass is 547 g/mol. The summed E-state index contributed by atoms with van der Waals surface area (Å²) >= 11 is 0. The van der Waals surface area contributed by atoms with Crippen molar-refractivity contribution in [3.8, 4) is 5.75 Å². The number of hydrogen-bond acceptors (Lipinski definition) is 5. The molecule has 39 heavy (non-hydrogen) atoms.